The van der Waals surface area contributed by atoms with Crippen LogP contribution in [-0.2, 0) is 0 Å². The van der Waals surface area contributed by atoms with Crippen LogP contribution in [0.4, 0.5) is 5.69 Å². The third kappa shape index (κ3) is 3.14. The molecule has 0 spiro atoms. The first kappa shape index (κ1) is 16.6. The monoisotopic (exact) mass is 355 g/mol. The predicted octanol–water partition coefficient (Wildman–Crippen LogP) is 1.52. The third-order valence-corrected chi connectivity index (χ3v) is 5.05. The molecule has 4 rings (SSSR count). The molecule has 2 amide bonds. The minimum absolute atomic E-state index is 0.0543. The Bertz CT molecular complexity index is 828. The lowest BCUT2D eigenvalue weighted by molar-refractivity contribution is 0.0691. The van der Waals surface area contributed by atoms with Gasteiger partial charge in [0.2, 0.25) is 0 Å². The van der Waals surface area contributed by atoms with Gasteiger partial charge in [0.25, 0.3) is 11.8 Å². The summed E-state index contributed by atoms with van der Waals surface area (Å²) in [6.45, 7) is 1.06. The maximum Gasteiger partial charge on any atom is 0.276 e. The van der Waals surface area contributed by atoms with Crippen LogP contribution in [0.1, 0.15) is 51.9 Å². The summed E-state index contributed by atoms with van der Waals surface area (Å²) in [7, 11) is 1.74. The molecule has 3 heterocycles. The van der Waals surface area contributed by atoms with E-state index in [-0.39, 0.29) is 17.9 Å². The molecular weight excluding hydrogens is 334 g/mol. The summed E-state index contributed by atoms with van der Waals surface area (Å²) >= 11 is 0. The van der Waals surface area contributed by atoms with Crippen LogP contribution in [0.25, 0.3) is 0 Å². The highest BCUT2D eigenvalue weighted by molar-refractivity contribution is 5.94. The van der Waals surface area contributed by atoms with Gasteiger partial charge in [0.1, 0.15) is 11.5 Å². The fourth-order valence-corrected chi connectivity index (χ4v) is 3.23. The van der Waals surface area contributed by atoms with Crippen molar-refractivity contribution in [1.82, 2.24) is 19.9 Å². The van der Waals surface area contributed by atoms with E-state index in [0.29, 0.717) is 36.1 Å². The first-order valence-electron chi connectivity index (χ1n) is 8.77. The Balaban J connectivity index is 1.39. The lowest BCUT2D eigenvalue weighted by atomic mass is 10.2. The minimum Gasteiger partial charge on any atom is -0.397 e. The van der Waals surface area contributed by atoms with Gasteiger partial charge in [0, 0.05) is 32.1 Å². The molecule has 26 heavy (non-hydrogen) atoms. The van der Waals surface area contributed by atoms with Gasteiger partial charge in [-0.2, -0.15) is 0 Å². The number of nitrogens with two attached hydrogens (primary N) is 1. The maximum atomic E-state index is 12.6. The van der Waals surface area contributed by atoms with Gasteiger partial charge in [0.15, 0.2) is 5.69 Å². The third-order valence-electron chi connectivity index (χ3n) is 5.05. The molecule has 1 unspecified atom stereocenters. The molecule has 1 aliphatic carbocycles. The van der Waals surface area contributed by atoms with E-state index in [1.54, 1.807) is 35.0 Å². The van der Waals surface area contributed by atoms with Crippen molar-refractivity contribution in [2.45, 2.75) is 31.2 Å². The Morgan fingerprint density at radius 2 is 2.08 bits per heavy atom. The van der Waals surface area contributed by atoms with E-state index in [1.165, 1.54) is 6.20 Å². The molecule has 2 fully saturated rings. The van der Waals surface area contributed by atoms with Crippen molar-refractivity contribution in [2.24, 2.45) is 0 Å². The van der Waals surface area contributed by atoms with Crippen LogP contribution in [0, 0.1) is 0 Å². The number of nitrogen functional groups attached to an aromatic ring is 1. The SMILES string of the molecule is CN(C(=O)c1cc(C2CC2)on1)C1CCN(C(=O)c2ccc(N)cn2)C1. The zero-order valence-corrected chi connectivity index (χ0v) is 14.6. The average molecular weight is 355 g/mol. The normalized spacial score (nSPS) is 19.6. The van der Waals surface area contributed by atoms with E-state index >= 15 is 0 Å². The molecule has 2 aromatic heterocycles. The zero-order valence-electron chi connectivity index (χ0n) is 14.6. The molecule has 0 radical (unpaired) electrons. The number of carbonyl (C=O) groups is 2. The minimum atomic E-state index is -0.175. The first-order chi connectivity index (χ1) is 12.5. The molecular formula is C18H21N5O3. The van der Waals surface area contributed by atoms with E-state index in [0.717, 1.165) is 25.0 Å². The van der Waals surface area contributed by atoms with Crippen LogP contribution in [0.2, 0.25) is 0 Å². The molecule has 2 N–H and O–H groups in total. The Morgan fingerprint density at radius 3 is 2.77 bits per heavy atom. The lowest BCUT2D eigenvalue weighted by Gasteiger charge is -2.24. The number of likely N-dealkylation sites (tertiary alicyclic amines) is 1. The fourth-order valence-electron chi connectivity index (χ4n) is 3.23. The molecule has 8 nitrogen and oxygen atoms in total. The van der Waals surface area contributed by atoms with Crippen LogP contribution < -0.4 is 5.73 Å². The number of likely N-dealkylation sites (N-methyl/N-ethyl adjacent to an activating group) is 1. The predicted molar refractivity (Wildman–Crippen MR) is 93.5 cm³/mol. The number of anilines is 1. The second-order valence-electron chi connectivity index (χ2n) is 6.98. The summed E-state index contributed by atoms with van der Waals surface area (Å²) in [4.78, 5) is 32.6. The van der Waals surface area contributed by atoms with Crippen molar-refractivity contribution in [3.63, 3.8) is 0 Å². The van der Waals surface area contributed by atoms with Crippen molar-refractivity contribution in [2.75, 3.05) is 25.9 Å². The van der Waals surface area contributed by atoms with E-state index in [1.807, 2.05) is 0 Å². The zero-order chi connectivity index (χ0) is 18.3. The summed E-state index contributed by atoms with van der Waals surface area (Å²) in [6.07, 6.45) is 4.38. The highest BCUT2D eigenvalue weighted by atomic mass is 16.5. The topological polar surface area (TPSA) is 106 Å². The van der Waals surface area contributed by atoms with Crippen molar-refractivity contribution >= 4 is 17.5 Å². The molecule has 136 valence electrons. The number of aromatic nitrogens is 2. The largest absolute Gasteiger partial charge is 0.397 e. The quantitative estimate of drug-likeness (QED) is 0.891. The van der Waals surface area contributed by atoms with Crippen molar-refractivity contribution in [3.05, 3.63) is 41.5 Å². The lowest BCUT2D eigenvalue weighted by Crippen LogP contribution is -2.40. The summed E-state index contributed by atoms with van der Waals surface area (Å²) in [5.74, 6) is 0.886. The van der Waals surface area contributed by atoms with E-state index in [2.05, 4.69) is 10.1 Å². The maximum absolute atomic E-state index is 12.6. The van der Waals surface area contributed by atoms with Crippen LogP contribution >= 0.6 is 0 Å². The van der Waals surface area contributed by atoms with Crippen LogP contribution in [0.3, 0.4) is 0 Å². The number of amides is 2. The summed E-state index contributed by atoms with van der Waals surface area (Å²) in [6, 6.07) is 4.97. The highest BCUT2D eigenvalue weighted by Gasteiger charge is 2.34. The Hall–Kier alpha value is -2.90. The van der Waals surface area contributed by atoms with Gasteiger partial charge >= 0.3 is 0 Å². The second kappa shape index (κ2) is 6.44. The van der Waals surface area contributed by atoms with Gasteiger partial charge in [-0.25, -0.2) is 4.98 Å². The van der Waals surface area contributed by atoms with Gasteiger partial charge < -0.3 is 20.1 Å². The number of pyridine rings is 1. The summed E-state index contributed by atoms with van der Waals surface area (Å²) in [5.41, 5.74) is 6.82. The number of hydrogen-bond acceptors (Lipinski definition) is 6. The average Bonchev–Trinajstić information content (AvgIpc) is 3.19. The van der Waals surface area contributed by atoms with Crippen LogP contribution in [0.5, 0.6) is 0 Å². The van der Waals surface area contributed by atoms with E-state index in [4.69, 9.17) is 10.3 Å². The Labute approximate surface area is 150 Å². The van der Waals surface area contributed by atoms with Crippen LogP contribution in [0.15, 0.2) is 28.9 Å². The van der Waals surface area contributed by atoms with Crippen molar-refractivity contribution in [3.8, 4) is 0 Å². The van der Waals surface area contributed by atoms with Gasteiger partial charge in [0.05, 0.1) is 17.9 Å². The highest BCUT2D eigenvalue weighted by Crippen LogP contribution is 2.40. The summed E-state index contributed by atoms with van der Waals surface area (Å²) < 4.78 is 5.27. The molecule has 1 atom stereocenters. The molecule has 2 aliphatic rings. The van der Waals surface area contributed by atoms with Gasteiger partial charge in [-0.3, -0.25) is 9.59 Å². The van der Waals surface area contributed by atoms with Gasteiger partial charge in [-0.15, -0.1) is 0 Å². The van der Waals surface area contributed by atoms with Crippen molar-refractivity contribution in [1.29, 1.82) is 0 Å². The van der Waals surface area contributed by atoms with E-state index in [9.17, 15) is 9.59 Å². The van der Waals surface area contributed by atoms with E-state index < -0.39 is 0 Å². The Kier molecular flexibility index (Phi) is 4.10. The standard InChI is InChI=1S/C18H21N5O3/c1-22(17(24)15-8-16(26-21-15)11-2-3-11)13-6-7-23(10-13)18(25)14-5-4-12(19)9-20-14/h4-5,8-9,11,13H,2-3,6-7,10,19H2,1H3. The van der Waals surface area contributed by atoms with Crippen molar-refractivity contribution < 1.29 is 14.1 Å². The summed E-state index contributed by atoms with van der Waals surface area (Å²) in [5, 5.41) is 3.91. The number of rotatable bonds is 4. The van der Waals surface area contributed by atoms with Gasteiger partial charge in [-0.1, -0.05) is 5.16 Å². The number of nitrogens with zero attached hydrogens (tertiary/aromatic N) is 4. The molecule has 1 saturated heterocycles. The Morgan fingerprint density at radius 1 is 1.27 bits per heavy atom. The second-order valence-corrected chi connectivity index (χ2v) is 6.98. The number of carbonyl (C=O) groups excluding carboxylic acids is 2. The fraction of sp³-hybridized carbons (Fsp3) is 0.444. The smallest absolute Gasteiger partial charge is 0.276 e. The molecule has 1 aliphatic heterocycles. The molecule has 8 heteroatoms. The molecule has 0 aromatic carbocycles. The molecule has 1 saturated carbocycles. The number of hydrogen-bond donors (Lipinski definition) is 1. The van der Waals surface area contributed by atoms with Crippen LogP contribution in [-0.4, -0.2) is 57.9 Å². The molecule has 0 bridgehead atoms. The van der Waals surface area contributed by atoms with Gasteiger partial charge in [-0.05, 0) is 31.4 Å². The molecule has 2 aromatic rings. The first-order valence-corrected chi connectivity index (χ1v) is 8.77.